The highest BCUT2D eigenvalue weighted by molar-refractivity contribution is 6.30. The van der Waals surface area contributed by atoms with E-state index < -0.39 is 11.9 Å². The molecule has 1 heterocycles. The third-order valence-corrected chi connectivity index (χ3v) is 1.37. The van der Waals surface area contributed by atoms with Crippen molar-refractivity contribution >= 4 is 23.5 Å². The largest absolute Gasteiger partial charge is 0.351 e. The lowest BCUT2D eigenvalue weighted by Crippen LogP contribution is -2.37. The number of hydrogen-bond donors (Lipinski definition) is 2. The number of halogens is 1. The fourth-order valence-electron chi connectivity index (χ4n) is 0.749. The Labute approximate surface area is 78.6 Å². The van der Waals surface area contributed by atoms with E-state index in [0.717, 1.165) is 0 Å². The maximum absolute atomic E-state index is 10.9. The Hall–Kier alpha value is -1.56. The molecular weight excluding hydrogens is 196 g/mol. The van der Waals surface area contributed by atoms with E-state index in [4.69, 9.17) is 17.3 Å². The SMILES string of the molecule is NC(=O)NC(=O)Cn1cc(Cl)cn1. The van der Waals surface area contributed by atoms with Gasteiger partial charge in [-0.3, -0.25) is 14.8 Å². The van der Waals surface area contributed by atoms with Gasteiger partial charge in [-0.25, -0.2) is 4.79 Å². The molecule has 13 heavy (non-hydrogen) atoms. The summed E-state index contributed by atoms with van der Waals surface area (Å²) in [6.07, 6.45) is 2.85. The minimum atomic E-state index is -0.886. The molecule has 3 amide bonds. The van der Waals surface area contributed by atoms with E-state index in [0.29, 0.717) is 5.02 Å². The molecule has 6 nitrogen and oxygen atoms in total. The first-order valence-electron chi connectivity index (χ1n) is 3.35. The zero-order valence-electron chi connectivity index (χ0n) is 6.53. The van der Waals surface area contributed by atoms with Crippen LogP contribution in [-0.4, -0.2) is 21.7 Å². The number of imide groups is 1. The van der Waals surface area contributed by atoms with Crippen molar-refractivity contribution < 1.29 is 9.59 Å². The maximum Gasteiger partial charge on any atom is 0.318 e. The first-order valence-corrected chi connectivity index (χ1v) is 3.73. The molecule has 0 bridgehead atoms. The molecule has 0 saturated carbocycles. The Morgan fingerprint density at radius 3 is 2.85 bits per heavy atom. The van der Waals surface area contributed by atoms with Gasteiger partial charge in [0.05, 0.1) is 11.2 Å². The summed E-state index contributed by atoms with van der Waals surface area (Å²) in [4.78, 5) is 21.2. The average molecular weight is 203 g/mol. The number of nitrogens with one attached hydrogen (secondary N) is 1. The zero-order valence-corrected chi connectivity index (χ0v) is 7.28. The number of nitrogens with zero attached hydrogens (tertiary/aromatic N) is 2. The molecule has 0 aliphatic heterocycles. The molecule has 7 heteroatoms. The average Bonchev–Trinajstić information content (AvgIpc) is 2.33. The van der Waals surface area contributed by atoms with Crippen molar-refractivity contribution in [1.29, 1.82) is 0 Å². The molecule has 0 spiro atoms. The molecule has 70 valence electrons. The van der Waals surface area contributed by atoms with Crippen LogP contribution in [0.15, 0.2) is 12.4 Å². The standard InChI is InChI=1S/C6H7ClN4O2/c7-4-1-9-11(2-4)3-5(12)10-6(8)13/h1-2H,3H2,(H3,8,10,12,13). The topological polar surface area (TPSA) is 90.0 Å². The molecule has 0 aliphatic carbocycles. The zero-order chi connectivity index (χ0) is 9.84. The van der Waals surface area contributed by atoms with Crippen molar-refractivity contribution in [2.45, 2.75) is 6.54 Å². The van der Waals surface area contributed by atoms with Gasteiger partial charge in [-0.2, -0.15) is 5.10 Å². The van der Waals surface area contributed by atoms with Crippen LogP contribution in [0.4, 0.5) is 4.79 Å². The fourth-order valence-corrected chi connectivity index (χ4v) is 0.905. The summed E-state index contributed by atoms with van der Waals surface area (Å²) in [7, 11) is 0. The van der Waals surface area contributed by atoms with Crippen LogP contribution in [0.2, 0.25) is 5.02 Å². The second-order valence-corrected chi connectivity index (χ2v) is 2.70. The van der Waals surface area contributed by atoms with E-state index in [9.17, 15) is 9.59 Å². The van der Waals surface area contributed by atoms with E-state index in [1.165, 1.54) is 17.1 Å². The van der Waals surface area contributed by atoms with Gasteiger partial charge in [-0.05, 0) is 0 Å². The Balaban J connectivity index is 2.50. The van der Waals surface area contributed by atoms with Crippen LogP contribution in [0, 0.1) is 0 Å². The normalized spacial score (nSPS) is 9.62. The Bertz CT molecular complexity index is 335. The molecule has 0 aliphatic rings. The highest BCUT2D eigenvalue weighted by Crippen LogP contribution is 2.03. The molecule has 1 aromatic heterocycles. The summed E-state index contributed by atoms with van der Waals surface area (Å²) in [5.41, 5.74) is 4.73. The van der Waals surface area contributed by atoms with Crippen LogP contribution in [0.3, 0.4) is 0 Å². The number of urea groups is 1. The smallest absolute Gasteiger partial charge is 0.318 e. The number of aromatic nitrogens is 2. The maximum atomic E-state index is 10.9. The number of carbonyl (C=O) groups is 2. The second kappa shape index (κ2) is 3.90. The molecular formula is C6H7ClN4O2. The Morgan fingerprint density at radius 1 is 1.69 bits per heavy atom. The predicted octanol–water partition coefficient (Wildman–Crippen LogP) is -0.269. The summed E-state index contributed by atoms with van der Waals surface area (Å²) in [6.45, 7) is -0.0876. The lowest BCUT2D eigenvalue weighted by Gasteiger charge is -1.99. The van der Waals surface area contributed by atoms with Crippen LogP contribution >= 0.6 is 11.6 Å². The van der Waals surface area contributed by atoms with Crippen LogP contribution in [-0.2, 0) is 11.3 Å². The van der Waals surface area contributed by atoms with Gasteiger partial charge < -0.3 is 5.73 Å². The van der Waals surface area contributed by atoms with Gasteiger partial charge in [0, 0.05) is 6.20 Å². The third-order valence-electron chi connectivity index (χ3n) is 1.17. The van der Waals surface area contributed by atoms with Gasteiger partial charge in [0.1, 0.15) is 6.54 Å². The molecule has 0 fully saturated rings. The molecule has 3 N–H and O–H groups in total. The summed E-state index contributed by atoms with van der Waals surface area (Å²) < 4.78 is 1.29. The van der Waals surface area contributed by atoms with Crippen LogP contribution in [0.5, 0.6) is 0 Å². The van der Waals surface area contributed by atoms with E-state index >= 15 is 0 Å². The van der Waals surface area contributed by atoms with Crippen molar-refractivity contribution in [2.75, 3.05) is 0 Å². The highest BCUT2D eigenvalue weighted by atomic mass is 35.5. The molecule has 0 unspecified atom stereocenters. The van der Waals surface area contributed by atoms with Crippen LogP contribution in [0.1, 0.15) is 0 Å². The lowest BCUT2D eigenvalue weighted by atomic mass is 10.6. The second-order valence-electron chi connectivity index (χ2n) is 2.27. The van der Waals surface area contributed by atoms with Crippen LogP contribution < -0.4 is 11.1 Å². The van der Waals surface area contributed by atoms with Gasteiger partial charge in [-0.1, -0.05) is 11.6 Å². The molecule has 1 aromatic rings. The number of primary amides is 1. The minimum Gasteiger partial charge on any atom is -0.351 e. The number of amides is 3. The Morgan fingerprint density at radius 2 is 2.38 bits per heavy atom. The van der Waals surface area contributed by atoms with Gasteiger partial charge >= 0.3 is 6.03 Å². The van der Waals surface area contributed by atoms with Crippen molar-refractivity contribution in [3.05, 3.63) is 17.4 Å². The molecule has 0 saturated heterocycles. The molecule has 0 atom stereocenters. The van der Waals surface area contributed by atoms with Gasteiger partial charge in [-0.15, -0.1) is 0 Å². The third kappa shape index (κ3) is 3.12. The monoisotopic (exact) mass is 202 g/mol. The highest BCUT2D eigenvalue weighted by Gasteiger charge is 2.05. The predicted molar refractivity (Wildman–Crippen MR) is 45.0 cm³/mol. The summed E-state index contributed by atoms with van der Waals surface area (Å²) in [6, 6.07) is -0.886. The lowest BCUT2D eigenvalue weighted by molar-refractivity contribution is -0.120. The quantitative estimate of drug-likeness (QED) is 0.692. The van der Waals surface area contributed by atoms with Crippen molar-refractivity contribution in [3.63, 3.8) is 0 Å². The summed E-state index contributed by atoms with van der Waals surface area (Å²) in [5, 5.41) is 6.05. The summed E-state index contributed by atoms with van der Waals surface area (Å²) >= 11 is 5.54. The van der Waals surface area contributed by atoms with E-state index in [1.54, 1.807) is 0 Å². The van der Waals surface area contributed by atoms with Crippen molar-refractivity contribution in [1.82, 2.24) is 15.1 Å². The number of nitrogens with two attached hydrogens (primary N) is 1. The van der Waals surface area contributed by atoms with Crippen LogP contribution in [0.25, 0.3) is 0 Å². The van der Waals surface area contributed by atoms with E-state index in [-0.39, 0.29) is 6.54 Å². The first-order chi connectivity index (χ1) is 6.08. The van der Waals surface area contributed by atoms with Crippen molar-refractivity contribution in [2.24, 2.45) is 5.73 Å². The number of carbonyl (C=O) groups excluding carboxylic acids is 2. The van der Waals surface area contributed by atoms with E-state index in [1.807, 2.05) is 5.32 Å². The van der Waals surface area contributed by atoms with Gasteiger partial charge in [0.25, 0.3) is 0 Å². The van der Waals surface area contributed by atoms with Gasteiger partial charge in [0.2, 0.25) is 5.91 Å². The number of rotatable bonds is 2. The Kier molecular flexibility index (Phi) is 2.86. The first kappa shape index (κ1) is 9.53. The minimum absolute atomic E-state index is 0.0876. The fraction of sp³-hybridized carbons (Fsp3) is 0.167. The van der Waals surface area contributed by atoms with E-state index in [2.05, 4.69) is 5.10 Å². The molecule has 0 aromatic carbocycles. The van der Waals surface area contributed by atoms with Gasteiger partial charge in [0.15, 0.2) is 0 Å². The molecule has 1 rings (SSSR count). The molecule has 0 radical (unpaired) electrons. The number of hydrogen-bond acceptors (Lipinski definition) is 3. The summed E-state index contributed by atoms with van der Waals surface area (Å²) in [5.74, 6) is -0.535. The van der Waals surface area contributed by atoms with Crippen molar-refractivity contribution in [3.8, 4) is 0 Å².